The average molecular weight is 247 g/mol. The molecule has 1 aromatic rings. The summed E-state index contributed by atoms with van der Waals surface area (Å²) in [5, 5.41) is -0.861. The Hall–Kier alpha value is -0.880. The largest absolute Gasteiger partial charge is 0.307 e. The molecule has 1 rings (SSSR count). The smallest absolute Gasteiger partial charge is 0.282 e. The second-order valence-electron chi connectivity index (χ2n) is 3.99. The van der Waals surface area contributed by atoms with Crippen molar-refractivity contribution >= 4 is 10.1 Å². The van der Waals surface area contributed by atoms with Crippen LogP contribution in [-0.2, 0) is 17.2 Å². The number of hydrogen-bond donors (Lipinski definition) is 1. The van der Waals surface area contributed by atoms with Gasteiger partial charge in [0.1, 0.15) is 12.4 Å². The van der Waals surface area contributed by atoms with Gasteiger partial charge in [-0.25, -0.2) is 9.13 Å². The first-order chi connectivity index (χ1) is 7.45. The minimum atomic E-state index is -4.04. The quantitative estimate of drug-likeness (QED) is 0.468. The second-order valence-corrected chi connectivity index (χ2v) is 5.57. The molecular formula is C10H19N2O3S+. The first kappa shape index (κ1) is 13.2. The predicted octanol–water partition coefficient (Wildman–Crippen LogP) is 1.28. The number of aromatic nitrogens is 2. The molecule has 0 aliphatic carbocycles. The lowest BCUT2D eigenvalue weighted by Crippen LogP contribution is -2.26. The Bertz CT molecular complexity index is 425. The molecule has 5 nitrogen and oxygen atoms in total. The zero-order valence-corrected chi connectivity index (χ0v) is 10.5. The van der Waals surface area contributed by atoms with E-state index in [4.69, 9.17) is 0 Å². The SMILES string of the molecule is CCCCCC(n1cc[n+](C)c1)S(=O)(=O)O. The molecular weight excluding hydrogens is 228 g/mol. The molecule has 1 heterocycles. The van der Waals surface area contributed by atoms with E-state index in [0.717, 1.165) is 19.3 Å². The normalized spacial score (nSPS) is 13.9. The Morgan fingerprint density at radius 2 is 2.12 bits per heavy atom. The maximum absolute atomic E-state index is 11.3. The topological polar surface area (TPSA) is 63.2 Å². The Balaban J connectivity index is 2.80. The van der Waals surface area contributed by atoms with Crippen LogP contribution in [0.2, 0.25) is 0 Å². The number of hydrogen-bond acceptors (Lipinski definition) is 2. The summed E-state index contributed by atoms with van der Waals surface area (Å²) in [7, 11) is -2.23. The Morgan fingerprint density at radius 3 is 2.56 bits per heavy atom. The molecule has 16 heavy (non-hydrogen) atoms. The fourth-order valence-electron chi connectivity index (χ4n) is 1.66. The van der Waals surface area contributed by atoms with E-state index in [1.165, 1.54) is 4.57 Å². The summed E-state index contributed by atoms with van der Waals surface area (Å²) in [5.74, 6) is 0. The van der Waals surface area contributed by atoms with Crippen molar-refractivity contribution in [2.75, 3.05) is 0 Å². The van der Waals surface area contributed by atoms with E-state index < -0.39 is 15.5 Å². The molecule has 0 spiro atoms. The van der Waals surface area contributed by atoms with Crippen LogP contribution in [-0.4, -0.2) is 17.5 Å². The van der Waals surface area contributed by atoms with E-state index in [-0.39, 0.29) is 0 Å². The van der Waals surface area contributed by atoms with E-state index in [2.05, 4.69) is 6.92 Å². The Kier molecular flexibility index (Phi) is 4.49. The van der Waals surface area contributed by atoms with Crippen molar-refractivity contribution in [3.05, 3.63) is 18.7 Å². The molecule has 0 saturated carbocycles. The molecule has 0 aliphatic heterocycles. The van der Waals surface area contributed by atoms with E-state index >= 15 is 0 Å². The van der Waals surface area contributed by atoms with Gasteiger partial charge in [0.05, 0.1) is 7.05 Å². The number of unbranched alkanes of at least 4 members (excludes halogenated alkanes) is 2. The summed E-state index contributed by atoms with van der Waals surface area (Å²) in [6.07, 6.45) is 8.30. The molecule has 0 radical (unpaired) electrons. The van der Waals surface area contributed by atoms with Crippen molar-refractivity contribution in [3.8, 4) is 0 Å². The van der Waals surface area contributed by atoms with Crippen molar-refractivity contribution in [1.29, 1.82) is 0 Å². The minimum absolute atomic E-state index is 0.446. The third-order valence-electron chi connectivity index (χ3n) is 2.52. The average Bonchev–Trinajstić information content (AvgIpc) is 2.57. The first-order valence-corrected chi connectivity index (χ1v) is 6.94. The van der Waals surface area contributed by atoms with E-state index in [1.807, 2.05) is 7.05 Å². The Labute approximate surface area is 96.5 Å². The first-order valence-electron chi connectivity index (χ1n) is 5.44. The third-order valence-corrected chi connectivity index (χ3v) is 3.69. The van der Waals surface area contributed by atoms with Gasteiger partial charge in [-0.15, -0.1) is 0 Å². The molecule has 6 heteroatoms. The summed E-state index contributed by atoms with van der Waals surface area (Å²) in [4.78, 5) is 0. The summed E-state index contributed by atoms with van der Waals surface area (Å²) < 4.78 is 35.0. The van der Waals surface area contributed by atoms with Crippen molar-refractivity contribution in [1.82, 2.24) is 4.57 Å². The standard InChI is InChI=1S/C10H18N2O3S/c1-3-4-5-6-10(16(13,14)15)12-8-7-11(2)9-12/h7-10H,3-6H2,1-2H3/p+1. The summed E-state index contributed by atoms with van der Waals surface area (Å²) >= 11 is 0. The van der Waals surface area contributed by atoms with Crippen LogP contribution >= 0.6 is 0 Å². The van der Waals surface area contributed by atoms with Crippen molar-refractivity contribution in [2.45, 2.75) is 38.0 Å². The lowest BCUT2D eigenvalue weighted by molar-refractivity contribution is -0.671. The summed E-state index contributed by atoms with van der Waals surface area (Å²) in [6.45, 7) is 2.05. The number of nitrogens with zero attached hydrogens (tertiary/aromatic N) is 2. The van der Waals surface area contributed by atoms with Gasteiger partial charge < -0.3 is 0 Å². The van der Waals surface area contributed by atoms with Crippen molar-refractivity contribution < 1.29 is 17.5 Å². The lowest BCUT2D eigenvalue weighted by atomic mass is 10.2. The van der Waals surface area contributed by atoms with Crippen molar-refractivity contribution in [2.24, 2.45) is 7.05 Å². The lowest BCUT2D eigenvalue weighted by Gasteiger charge is -2.09. The summed E-state index contributed by atoms with van der Waals surface area (Å²) in [6, 6.07) is 0. The predicted molar refractivity (Wildman–Crippen MR) is 60.3 cm³/mol. The van der Waals surface area contributed by atoms with Crippen LogP contribution in [0.5, 0.6) is 0 Å². The van der Waals surface area contributed by atoms with E-state index in [9.17, 15) is 13.0 Å². The third kappa shape index (κ3) is 3.61. The highest BCUT2D eigenvalue weighted by atomic mass is 32.2. The van der Waals surface area contributed by atoms with Gasteiger partial charge in [0.2, 0.25) is 11.7 Å². The van der Waals surface area contributed by atoms with Crippen LogP contribution in [0.25, 0.3) is 0 Å². The van der Waals surface area contributed by atoms with Crippen LogP contribution < -0.4 is 4.57 Å². The van der Waals surface area contributed by atoms with Gasteiger partial charge in [-0.1, -0.05) is 19.8 Å². The number of aryl methyl sites for hydroxylation is 1. The molecule has 1 atom stereocenters. The zero-order chi connectivity index (χ0) is 12.2. The van der Waals surface area contributed by atoms with Gasteiger partial charge in [-0.05, 0) is 6.42 Å². The van der Waals surface area contributed by atoms with Crippen LogP contribution in [0.1, 0.15) is 38.0 Å². The molecule has 1 N–H and O–H groups in total. The molecule has 0 aliphatic rings. The maximum atomic E-state index is 11.3. The molecule has 1 unspecified atom stereocenters. The number of imidazole rings is 1. The fraction of sp³-hybridized carbons (Fsp3) is 0.700. The van der Waals surface area contributed by atoms with E-state index in [0.29, 0.717) is 6.42 Å². The molecule has 92 valence electrons. The highest BCUT2D eigenvalue weighted by Crippen LogP contribution is 2.20. The molecule has 1 aromatic heterocycles. The summed E-state index contributed by atoms with van der Waals surface area (Å²) in [5.41, 5.74) is 0. The minimum Gasteiger partial charge on any atom is -0.282 e. The highest BCUT2D eigenvalue weighted by molar-refractivity contribution is 7.85. The van der Waals surface area contributed by atoms with Gasteiger partial charge in [-0.2, -0.15) is 8.42 Å². The van der Waals surface area contributed by atoms with Gasteiger partial charge >= 0.3 is 10.1 Å². The van der Waals surface area contributed by atoms with Gasteiger partial charge in [0.25, 0.3) is 0 Å². The van der Waals surface area contributed by atoms with Crippen LogP contribution in [0, 0.1) is 0 Å². The van der Waals surface area contributed by atoms with Crippen LogP contribution in [0.3, 0.4) is 0 Å². The van der Waals surface area contributed by atoms with Gasteiger partial charge in [-0.3, -0.25) is 4.55 Å². The molecule has 0 amide bonds. The molecule has 0 fully saturated rings. The monoisotopic (exact) mass is 247 g/mol. The van der Waals surface area contributed by atoms with E-state index in [1.54, 1.807) is 23.3 Å². The molecule has 0 bridgehead atoms. The molecule has 0 saturated heterocycles. The molecule has 0 aromatic carbocycles. The van der Waals surface area contributed by atoms with Crippen molar-refractivity contribution in [3.63, 3.8) is 0 Å². The fourth-order valence-corrected chi connectivity index (χ4v) is 2.56. The second kappa shape index (κ2) is 5.45. The number of rotatable bonds is 6. The van der Waals surface area contributed by atoms with Gasteiger partial charge in [0.15, 0.2) is 0 Å². The Morgan fingerprint density at radius 1 is 1.44 bits per heavy atom. The highest BCUT2D eigenvalue weighted by Gasteiger charge is 2.28. The van der Waals surface area contributed by atoms with Crippen LogP contribution in [0.4, 0.5) is 0 Å². The zero-order valence-electron chi connectivity index (χ0n) is 9.70. The van der Waals surface area contributed by atoms with Gasteiger partial charge in [0, 0.05) is 6.42 Å². The maximum Gasteiger partial charge on any atom is 0.307 e. The van der Waals surface area contributed by atoms with Crippen LogP contribution in [0.15, 0.2) is 18.7 Å².